The van der Waals surface area contributed by atoms with Gasteiger partial charge in [-0.15, -0.1) is 0 Å². The topological polar surface area (TPSA) is 76.3 Å². The maximum Gasteiger partial charge on any atom is 0.244 e. The van der Waals surface area contributed by atoms with Crippen LogP contribution >= 0.6 is 0 Å². The van der Waals surface area contributed by atoms with E-state index in [1.165, 1.54) is 18.5 Å². The van der Waals surface area contributed by atoms with Gasteiger partial charge in [0, 0.05) is 25.0 Å². The van der Waals surface area contributed by atoms with Crippen molar-refractivity contribution < 1.29 is 8.42 Å². The Morgan fingerprint density at radius 2 is 2.00 bits per heavy atom. The molecule has 1 aromatic rings. The standard InChI is InChI=1S/C15H23N3O2S/c1-14(2)5-12-6-15(3,9-14)10-18(12)21(19,20)13-4-11(16)7-17-8-13/h4,7-8,12H,5-6,9-10,16H2,1-3H3. The number of nitrogen functional groups attached to an aromatic ring is 1. The summed E-state index contributed by atoms with van der Waals surface area (Å²) in [6, 6.07) is 1.59. The zero-order valence-corrected chi connectivity index (χ0v) is 13.7. The lowest BCUT2D eigenvalue weighted by molar-refractivity contribution is 0.133. The Morgan fingerprint density at radius 1 is 1.29 bits per heavy atom. The lowest BCUT2D eigenvalue weighted by Crippen LogP contribution is -2.37. The predicted molar refractivity (Wildman–Crippen MR) is 82.1 cm³/mol. The molecule has 2 fully saturated rings. The van der Waals surface area contributed by atoms with Gasteiger partial charge in [0.2, 0.25) is 10.0 Å². The van der Waals surface area contributed by atoms with Crippen LogP contribution in [0.25, 0.3) is 0 Å². The first-order valence-corrected chi connectivity index (χ1v) is 8.78. The molecule has 2 heterocycles. The number of sulfonamides is 1. The molecule has 6 heteroatoms. The van der Waals surface area contributed by atoms with Gasteiger partial charge in [-0.2, -0.15) is 4.31 Å². The van der Waals surface area contributed by atoms with E-state index in [-0.39, 0.29) is 21.8 Å². The SMILES string of the molecule is CC1(C)CC2CC(C)(CN2S(=O)(=O)c2cncc(N)c2)C1. The third-order valence-electron chi connectivity index (χ3n) is 4.71. The summed E-state index contributed by atoms with van der Waals surface area (Å²) in [5.74, 6) is 0. The second-order valence-corrected chi connectivity index (χ2v) is 9.61. The second kappa shape index (κ2) is 4.43. The highest BCUT2D eigenvalue weighted by atomic mass is 32.2. The smallest absolute Gasteiger partial charge is 0.244 e. The molecule has 1 saturated carbocycles. The van der Waals surface area contributed by atoms with Crippen LogP contribution in [0.3, 0.4) is 0 Å². The molecular formula is C15H23N3O2S. The van der Waals surface area contributed by atoms with Gasteiger partial charge in [0.1, 0.15) is 4.90 Å². The summed E-state index contributed by atoms with van der Waals surface area (Å²) in [6.45, 7) is 7.26. The molecule has 2 aliphatic rings. The van der Waals surface area contributed by atoms with Gasteiger partial charge >= 0.3 is 0 Å². The van der Waals surface area contributed by atoms with Crippen molar-refractivity contribution in [2.45, 2.75) is 51.0 Å². The van der Waals surface area contributed by atoms with Gasteiger partial charge in [-0.3, -0.25) is 4.98 Å². The van der Waals surface area contributed by atoms with Crippen LogP contribution < -0.4 is 5.73 Å². The van der Waals surface area contributed by atoms with Crippen LogP contribution in [0.15, 0.2) is 23.4 Å². The minimum Gasteiger partial charge on any atom is -0.397 e. The lowest BCUT2D eigenvalue weighted by atomic mass is 9.65. The van der Waals surface area contributed by atoms with E-state index < -0.39 is 10.0 Å². The molecule has 2 atom stereocenters. The number of anilines is 1. The number of fused-ring (bicyclic) bond motifs is 2. The Morgan fingerprint density at radius 3 is 2.67 bits per heavy atom. The minimum absolute atomic E-state index is 0.0766. The molecule has 1 aromatic heterocycles. The first kappa shape index (κ1) is 14.8. The van der Waals surface area contributed by atoms with Crippen LogP contribution in [0.1, 0.15) is 40.0 Å². The summed E-state index contributed by atoms with van der Waals surface area (Å²) in [7, 11) is -3.51. The molecule has 0 spiro atoms. The Kier molecular flexibility index (Phi) is 3.12. The van der Waals surface area contributed by atoms with Crippen molar-refractivity contribution in [2.75, 3.05) is 12.3 Å². The van der Waals surface area contributed by atoms with E-state index in [0.717, 1.165) is 19.3 Å². The van der Waals surface area contributed by atoms with Crippen LogP contribution in [-0.4, -0.2) is 30.3 Å². The van der Waals surface area contributed by atoms with Gasteiger partial charge in [-0.25, -0.2) is 8.42 Å². The van der Waals surface area contributed by atoms with Crippen LogP contribution in [0.2, 0.25) is 0 Å². The molecule has 0 amide bonds. The zero-order chi connectivity index (χ0) is 15.5. The first-order valence-electron chi connectivity index (χ1n) is 7.34. The Balaban J connectivity index is 1.98. The fourth-order valence-corrected chi connectivity index (χ4v) is 6.17. The van der Waals surface area contributed by atoms with Crippen LogP contribution in [0, 0.1) is 10.8 Å². The minimum atomic E-state index is -3.51. The number of pyridine rings is 1. The van der Waals surface area contributed by atoms with Gasteiger partial charge in [-0.05, 0) is 36.2 Å². The number of nitrogens with two attached hydrogens (primary N) is 1. The molecule has 21 heavy (non-hydrogen) atoms. The third-order valence-corrected chi connectivity index (χ3v) is 6.57. The average Bonchev–Trinajstić information content (AvgIpc) is 2.59. The summed E-state index contributed by atoms with van der Waals surface area (Å²) in [4.78, 5) is 4.13. The van der Waals surface area contributed by atoms with Crippen LogP contribution in [-0.2, 0) is 10.0 Å². The lowest BCUT2D eigenvalue weighted by Gasteiger charge is -2.39. The summed E-state index contributed by atoms with van der Waals surface area (Å²) in [6.07, 6.45) is 5.79. The van der Waals surface area contributed by atoms with Crippen molar-refractivity contribution in [3.05, 3.63) is 18.5 Å². The molecule has 1 aliphatic heterocycles. The van der Waals surface area contributed by atoms with E-state index in [2.05, 4.69) is 25.8 Å². The van der Waals surface area contributed by atoms with E-state index in [1.807, 2.05) is 0 Å². The molecule has 0 aromatic carbocycles. The van der Waals surface area contributed by atoms with Gasteiger partial charge in [0.25, 0.3) is 0 Å². The van der Waals surface area contributed by atoms with Crippen molar-refractivity contribution in [2.24, 2.45) is 10.8 Å². The largest absolute Gasteiger partial charge is 0.397 e. The monoisotopic (exact) mass is 309 g/mol. The second-order valence-electron chi connectivity index (χ2n) is 7.72. The molecule has 2 bridgehead atoms. The van der Waals surface area contributed by atoms with E-state index in [9.17, 15) is 8.42 Å². The highest BCUT2D eigenvalue weighted by molar-refractivity contribution is 7.89. The number of rotatable bonds is 2. The average molecular weight is 309 g/mol. The molecule has 5 nitrogen and oxygen atoms in total. The Labute approximate surface area is 126 Å². The Bertz CT molecular complexity index is 671. The first-order chi connectivity index (χ1) is 9.61. The molecule has 0 radical (unpaired) electrons. The number of nitrogens with zero attached hydrogens (tertiary/aromatic N) is 2. The molecule has 116 valence electrons. The molecule has 1 aliphatic carbocycles. The quantitative estimate of drug-likeness (QED) is 0.909. The summed E-state index contributed by atoms with van der Waals surface area (Å²) in [5.41, 5.74) is 6.33. The van der Waals surface area contributed by atoms with Crippen LogP contribution in [0.5, 0.6) is 0 Å². The van der Waals surface area contributed by atoms with E-state index in [4.69, 9.17) is 5.73 Å². The Hall–Kier alpha value is -1.14. The van der Waals surface area contributed by atoms with Crippen molar-refractivity contribution >= 4 is 15.7 Å². The van der Waals surface area contributed by atoms with Gasteiger partial charge in [0.05, 0.1) is 5.69 Å². The van der Waals surface area contributed by atoms with E-state index in [1.54, 1.807) is 4.31 Å². The van der Waals surface area contributed by atoms with E-state index in [0.29, 0.717) is 12.2 Å². The van der Waals surface area contributed by atoms with Gasteiger partial charge < -0.3 is 5.73 Å². The molecule has 3 rings (SSSR count). The zero-order valence-electron chi connectivity index (χ0n) is 12.8. The van der Waals surface area contributed by atoms with Crippen molar-refractivity contribution in [3.63, 3.8) is 0 Å². The fraction of sp³-hybridized carbons (Fsp3) is 0.667. The maximum atomic E-state index is 12.9. The highest BCUT2D eigenvalue weighted by Gasteiger charge is 2.53. The third kappa shape index (κ3) is 2.55. The fourth-order valence-electron chi connectivity index (χ4n) is 4.40. The molecular weight excluding hydrogens is 286 g/mol. The highest BCUT2D eigenvalue weighted by Crippen LogP contribution is 2.53. The van der Waals surface area contributed by atoms with Crippen molar-refractivity contribution in [1.29, 1.82) is 0 Å². The number of hydrogen-bond donors (Lipinski definition) is 1. The van der Waals surface area contributed by atoms with Gasteiger partial charge in [0.15, 0.2) is 0 Å². The summed E-state index contributed by atoms with van der Waals surface area (Å²) in [5, 5.41) is 0. The van der Waals surface area contributed by atoms with Crippen LogP contribution in [0.4, 0.5) is 5.69 Å². The van der Waals surface area contributed by atoms with E-state index >= 15 is 0 Å². The van der Waals surface area contributed by atoms with Gasteiger partial charge in [-0.1, -0.05) is 20.8 Å². The van der Waals surface area contributed by atoms with Crippen molar-refractivity contribution in [1.82, 2.24) is 9.29 Å². The molecule has 2 unspecified atom stereocenters. The summed E-state index contributed by atoms with van der Waals surface area (Å²) >= 11 is 0. The number of hydrogen-bond acceptors (Lipinski definition) is 4. The molecule has 2 N–H and O–H groups in total. The predicted octanol–water partition coefficient (Wildman–Crippen LogP) is 2.25. The molecule has 1 saturated heterocycles. The number of aromatic nitrogens is 1. The maximum absolute atomic E-state index is 12.9. The van der Waals surface area contributed by atoms with Crippen molar-refractivity contribution in [3.8, 4) is 0 Å². The normalized spacial score (nSPS) is 32.2. The summed E-state index contributed by atoms with van der Waals surface area (Å²) < 4.78 is 27.5.